The van der Waals surface area contributed by atoms with Crippen LogP contribution in [0.1, 0.15) is 35.4 Å². The van der Waals surface area contributed by atoms with Gasteiger partial charge in [-0.05, 0) is 35.7 Å². The van der Waals surface area contributed by atoms with Gasteiger partial charge in [0.15, 0.2) is 11.5 Å². The van der Waals surface area contributed by atoms with Crippen molar-refractivity contribution in [3.05, 3.63) is 58.6 Å². The van der Waals surface area contributed by atoms with Crippen LogP contribution in [-0.4, -0.2) is 42.8 Å². The van der Waals surface area contributed by atoms with E-state index < -0.39 is 0 Å². The SMILES string of the molecule is CCc1ccccc1N1CC(c2nnc(NC(=O)Cc3ccc(OC)c(OC)c3)s2)CC1=O. The average Bonchev–Trinajstić information content (AvgIpc) is 3.45. The van der Waals surface area contributed by atoms with Gasteiger partial charge in [-0.1, -0.05) is 42.5 Å². The van der Waals surface area contributed by atoms with Gasteiger partial charge in [0.05, 0.1) is 20.6 Å². The molecule has 0 spiro atoms. The van der Waals surface area contributed by atoms with Gasteiger partial charge in [-0.25, -0.2) is 0 Å². The summed E-state index contributed by atoms with van der Waals surface area (Å²) in [5.41, 5.74) is 2.90. The van der Waals surface area contributed by atoms with Crippen LogP contribution in [-0.2, 0) is 22.4 Å². The molecular formula is C24H26N4O4S. The molecule has 0 radical (unpaired) electrons. The lowest BCUT2D eigenvalue weighted by atomic mass is 10.1. The molecule has 0 aliphatic carbocycles. The number of aromatic nitrogens is 2. The molecule has 1 fully saturated rings. The number of anilines is 2. The predicted molar refractivity (Wildman–Crippen MR) is 127 cm³/mol. The molecule has 2 amide bonds. The number of nitrogens with zero attached hydrogens (tertiary/aromatic N) is 3. The quantitative estimate of drug-likeness (QED) is 0.543. The summed E-state index contributed by atoms with van der Waals surface area (Å²) in [4.78, 5) is 27.1. The maximum Gasteiger partial charge on any atom is 0.230 e. The average molecular weight is 467 g/mol. The zero-order valence-electron chi connectivity index (χ0n) is 18.8. The van der Waals surface area contributed by atoms with Gasteiger partial charge in [-0.2, -0.15) is 0 Å². The van der Waals surface area contributed by atoms with Gasteiger partial charge < -0.3 is 19.7 Å². The number of para-hydroxylation sites is 1. The minimum absolute atomic E-state index is 0.0450. The highest BCUT2D eigenvalue weighted by Gasteiger charge is 2.34. The molecule has 3 aromatic rings. The number of ether oxygens (including phenoxy) is 2. The monoisotopic (exact) mass is 466 g/mol. The van der Waals surface area contributed by atoms with E-state index in [9.17, 15) is 9.59 Å². The number of carbonyl (C=O) groups is 2. The van der Waals surface area contributed by atoms with Gasteiger partial charge >= 0.3 is 0 Å². The van der Waals surface area contributed by atoms with Gasteiger partial charge in [0, 0.05) is 24.6 Å². The highest BCUT2D eigenvalue weighted by molar-refractivity contribution is 7.15. The third kappa shape index (κ3) is 4.98. The van der Waals surface area contributed by atoms with Crippen molar-refractivity contribution in [2.75, 3.05) is 31.0 Å². The number of hydrogen-bond acceptors (Lipinski definition) is 7. The van der Waals surface area contributed by atoms with E-state index in [0.717, 1.165) is 28.2 Å². The van der Waals surface area contributed by atoms with Crippen molar-refractivity contribution < 1.29 is 19.1 Å². The molecule has 172 valence electrons. The Morgan fingerprint density at radius 3 is 2.70 bits per heavy atom. The molecule has 1 saturated heterocycles. The fraction of sp³-hybridized carbons (Fsp3) is 0.333. The number of carbonyl (C=O) groups excluding carboxylic acids is 2. The van der Waals surface area contributed by atoms with Gasteiger partial charge in [0.25, 0.3) is 0 Å². The first-order valence-corrected chi connectivity index (χ1v) is 11.6. The Hall–Kier alpha value is -3.46. The Labute approximate surface area is 196 Å². The first-order valence-electron chi connectivity index (χ1n) is 10.7. The van der Waals surface area contributed by atoms with Crippen LogP contribution in [0.3, 0.4) is 0 Å². The third-order valence-electron chi connectivity index (χ3n) is 5.64. The Morgan fingerprint density at radius 1 is 1.15 bits per heavy atom. The van der Waals surface area contributed by atoms with E-state index in [4.69, 9.17) is 9.47 Å². The smallest absolute Gasteiger partial charge is 0.230 e. The Morgan fingerprint density at radius 2 is 1.94 bits per heavy atom. The van der Waals surface area contributed by atoms with Crippen molar-refractivity contribution in [2.45, 2.75) is 32.1 Å². The lowest BCUT2D eigenvalue weighted by molar-refractivity contribution is -0.117. The molecule has 1 aliphatic heterocycles. The van der Waals surface area contributed by atoms with Gasteiger partial charge in [-0.15, -0.1) is 10.2 Å². The van der Waals surface area contributed by atoms with E-state index in [1.54, 1.807) is 26.4 Å². The van der Waals surface area contributed by atoms with Crippen molar-refractivity contribution in [1.29, 1.82) is 0 Å². The second-order valence-electron chi connectivity index (χ2n) is 7.75. The van der Waals surface area contributed by atoms with Crippen molar-refractivity contribution >= 4 is 34.0 Å². The number of methoxy groups -OCH3 is 2. The van der Waals surface area contributed by atoms with E-state index in [1.165, 1.54) is 11.3 Å². The molecule has 0 bridgehead atoms. The van der Waals surface area contributed by atoms with Crippen LogP contribution in [0.2, 0.25) is 0 Å². The summed E-state index contributed by atoms with van der Waals surface area (Å²) in [6.45, 7) is 2.64. The van der Waals surface area contributed by atoms with Crippen LogP contribution in [0.5, 0.6) is 11.5 Å². The number of nitrogens with one attached hydrogen (secondary N) is 1. The molecule has 33 heavy (non-hydrogen) atoms. The predicted octanol–water partition coefficient (Wildman–Crippen LogP) is 3.82. The maximum atomic E-state index is 12.7. The highest BCUT2D eigenvalue weighted by atomic mass is 32.1. The molecule has 2 aromatic carbocycles. The molecule has 1 unspecified atom stereocenters. The zero-order valence-corrected chi connectivity index (χ0v) is 19.6. The second-order valence-corrected chi connectivity index (χ2v) is 8.76. The number of benzene rings is 2. The molecule has 1 N–H and O–H groups in total. The minimum Gasteiger partial charge on any atom is -0.493 e. The van der Waals surface area contributed by atoms with E-state index >= 15 is 0 Å². The first-order chi connectivity index (χ1) is 16.0. The van der Waals surface area contributed by atoms with Crippen LogP contribution in [0, 0.1) is 0 Å². The Kier molecular flexibility index (Phi) is 6.88. The maximum absolute atomic E-state index is 12.7. The molecule has 1 aromatic heterocycles. The number of rotatable bonds is 8. The summed E-state index contributed by atoms with van der Waals surface area (Å²) in [6, 6.07) is 13.3. The second kappa shape index (κ2) is 9.99. The van der Waals surface area contributed by atoms with E-state index in [-0.39, 0.29) is 24.2 Å². The van der Waals surface area contributed by atoms with Crippen molar-refractivity contribution in [3.63, 3.8) is 0 Å². The fourth-order valence-corrected chi connectivity index (χ4v) is 4.82. The summed E-state index contributed by atoms with van der Waals surface area (Å²) in [7, 11) is 3.12. The Balaban J connectivity index is 1.40. The van der Waals surface area contributed by atoms with Gasteiger partial charge in [0.1, 0.15) is 5.01 Å². The topological polar surface area (TPSA) is 93.7 Å². The Bertz CT molecular complexity index is 1160. The molecule has 1 aliphatic rings. The minimum atomic E-state index is -0.203. The third-order valence-corrected chi connectivity index (χ3v) is 6.64. The largest absolute Gasteiger partial charge is 0.493 e. The van der Waals surface area contributed by atoms with Crippen LogP contribution in [0.25, 0.3) is 0 Å². The van der Waals surface area contributed by atoms with Crippen molar-refractivity contribution in [2.24, 2.45) is 0 Å². The van der Waals surface area contributed by atoms with Crippen molar-refractivity contribution in [3.8, 4) is 11.5 Å². The lowest BCUT2D eigenvalue weighted by Gasteiger charge is -2.19. The number of aryl methyl sites for hydroxylation is 1. The highest BCUT2D eigenvalue weighted by Crippen LogP contribution is 2.35. The molecule has 0 saturated carbocycles. The van der Waals surface area contributed by atoms with E-state index in [0.29, 0.717) is 29.6 Å². The van der Waals surface area contributed by atoms with Crippen LogP contribution in [0.4, 0.5) is 10.8 Å². The normalized spacial score (nSPS) is 15.5. The summed E-state index contributed by atoms with van der Waals surface area (Å²) < 4.78 is 10.5. The van der Waals surface area contributed by atoms with Gasteiger partial charge in [-0.3, -0.25) is 9.59 Å². The van der Waals surface area contributed by atoms with E-state index in [2.05, 4.69) is 22.4 Å². The first kappa shape index (κ1) is 22.7. The molecular weight excluding hydrogens is 440 g/mol. The number of hydrogen-bond donors (Lipinski definition) is 1. The van der Waals surface area contributed by atoms with Gasteiger partial charge in [0.2, 0.25) is 16.9 Å². The van der Waals surface area contributed by atoms with Crippen LogP contribution in [0.15, 0.2) is 42.5 Å². The molecule has 9 heteroatoms. The summed E-state index contributed by atoms with van der Waals surface area (Å²) in [5.74, 6) is 1.01. The van der Waals surface area contributed by atoms with Crippen LogP contribution >= 0.6 is 11.3 Å². The number of amides is 2. The van der Waals surface area contributed by atoms with E-state index in [1.807, 2.05) is 35.2 Å². The summed E-state index contributed by atoms with van der Waals surface area (Å²) in [5, 5.41) is 12.4. The zero-order chi connectivity index (χ0) is 23.4. The molecule has 2 heterocycles. The van der Waals surface area contributed by atoms with Crippen LogP contribution < -0.4 is 19.7 Å². The summed E-state index contributed by atoms with van der Waals surface area (Å²) >= 11 is 1.31. The van der Waals surface area contributed by atoms with Crippen molar-refractivity contribution in [1.82, 2.24) is 10.2 Å². The standard InChI is InChI=1S/C24H26N4O4S/c1-4-16-7-5-6-8-18(16)28-14-17(13-22(28)30)23-26-27-24(33-23)25-21(29)12-15-9-10-19(31-2)20(11-15)32-3/h5-11,17H,4,12-14H2,1-3H3,(H,25,27,29). The molecule has 4 rings (SSSR count). The summed E-state index contributed by atoms with van der Waals surface area (Å²) in [6.07, 6.45) is 1.41. The molecule has 1 atom stereocenters. The molecule has 8 nitrogen and oxygen atoms in total. The fourth-order valence-electron chi connectivity index (χ4n) is 3.97. The lowest BCUT2D eigenvalue weighted by Crippen LogP contribution is -2.25.